The van der Waals surface area contributed by atoms with Gasteiger partial charge in [-0.3, -0.25) is 9.69 Å². The summed E-state index contributed by atoms with van der Waals surface area (Å²) in [6.07, 6.45) is 0.894. The molecule has 1 heterocycles. The topological polar surface area (TPSA) is 81.7 Å². The number of carbonyl (C=O) groups is 2. The molecule has 6 heteroatoms. The monoisotopic (exact) mass is 369 g/mol. The molecule has 1 saturated heterocycles. The Kier molecular flexibility index (Phi) is 6.29. The van der Waals surface area contributed by atoms with Crippen molar-refractivity contribution >= 4 is 22.8 Å². The molecule has 1 fully saturated rings. The number of nitrogens with zero attached hydrogens (tertiary/aromatic N) is 1. The quantitative estimate of drug-likeness (QED) is 0.731. The Balaban J connectivity index is 1.57. The number of carboxylic acid groups (broad SMARTS) is 1. The number of hydrogen-bond donors (Lipinski definition) is 3. The minimum atomic E-state index is -1.07. The highest BCUT2D eigenvalue weighted by Crippen LogP contribution is 2.25. The predicted octanol–water partition coefficient (Wildman–Crippen LogP) is 2.82. The van der Waals surface area contributed by atoms with Crippen LogP contribution in [0, 0.1) is 5.92 Å². The first kappa shape index (κ1) is 19.2. The molecule has 1 atom stereocenters. The highest BCUT2D eigenvalue weighted by Gasteiger charge is 2.29. The van der Waals surface area contributed by atoms with Crippen molar-refractivity contribution in [1.82, 2.24) is 15.5 Å². The van der Waals surface area contributed by atoms with Gasteiger partial charge in [0.25, 0.3) is 0 Å². The van der Waals surface area contributed by atoms with Crippen LogP contribution >= 0.6 is 0 Å². The third kappa shape index (κ3) is 5.20. The van der Waals surface area contributed by atoms with E-state index in [0.29, 0.717) is 0 Å². The van der Waals surface area contributed by atoms with Gasteiger partial charge in [-0.15, -0.1) is 0 Å². The summed E-state index contributed by atoms with van der Waals surface area (Å²) in [5.74, 6) is 0.0543. The second-order valence-corrected chi connectivity index (χ2v) is 7.23. The van der Waals surface area contributed by atoms with Gasteiger partial charge in [-0.25, -0.2) is 4.79 Å². The van der Waals surface area contributed by atoms with Crippen molar-refractivity contribution in [2.24, 2.45) is 5.92 Å². The molecule has 3 N–H and O–H groups in total. The first-order valence-corrected chi connectivity index (χ1v) is 9.45. The summed E-state index contributed by atoms with van der Waals surface area (Å²) < 4.78 is 0. The van der Waals surface area contributed by atoms with Gasteiger partial charge in [-0.2, -0.15) is 0 Å². The van der Waals surface area contributed by atoms with Gasteiger partial charge >= 0.3 is 6.09 Å². The van der Waals surface area contributed by atoms with Gasteiger partial charge in [0.1, 0.15) is 0 Å². The second-order valence-electron chi connectivity index (χ2n) is 7.23. The van der Waals surface area contributed by atoms with E-state index in [9.17, 15) is 9.59 Å². The summed E-state index contributed by atoms with van der Waals surface area (Å²) in [5, 5.41) is 16.7. The molecule has 6 nitrogen and oxygen atoms in total. The maximum Gasteiger partial charge on any atom is 0.404 e. The Bertz CT molecular complexity index is 800. The Morgan fingerprint density at radius 1 is 1.15 bits per heavy atom. The number of piperidine rings is 1. The van der Waals surface area contributed by atoms with E-state index in [4.69, 9.17) is 5.11 Å². The van der Waals surface area contributed by atoms with Crippen molar-refractivity contribution < 1.29 is 14.7 Å². The van der Waals surface area contributed by atoms with Gasteiger partial charge in [-0.05, 0) is 54.3 Å². The lowest BCUT2D eigenvalue weighted by atomic mass is 9.87. The SMILES string of the molecule is CNC(=O)CC(NC(=O)O)C1CCN(Cc2ccc3ccccc3c2)CC1. The molecule has 2 amide bonds. The molecule has 1 aliphatic rings. The van der Waals surface area contributed by atoms with Crippen LogP contribution in [0.2, 0.25) is 0 Å². The number of fused-ring (bicyclic) bond motifs is 1. The van der Waals surface area contributed by atoms with Crippen LogP contribution in [-0.4, -0.2) is 48.2 Å². The average molecular weight is 369 g/mol. The zero-order valence-corrected chi connectivity index (χ0v) is 15.6. The van der Waals surface area contributed by atoms with Crippen LogP contribution in [0.4, 0.5) is 4.79 Å². The highest BCUT2D eigenvalue weighted by molar-refractivity contribution is 5.83. The van der Waals surface area contributed by atoms with Gasteiger partial charge in [0.2, 0.25) is 5.91 Å². The molecule has 0 aromatic heterocycles. The van der Waals surface area contributed by atoms with Gasteiger partial charge in [0.15, 0.2) is 0 Å². The molecule has 0 saturated carbocycles. The third-order valence-corrected chi connectivity index (χ3v) is 5.41. The maximum atomic E-state index is 11.7. The standard InChI is InChI=1S/C21H27N3O3/c1-22-20(25)13-19(23-21(26)27)17-8-10-24(11-9-17)14-15-6-7-16-4-2-3-5-18(16)12-15/h2-7,12,17,19,23H,8-11,13-14H2,1H3,(H,22,25)(H,26,27). The number of nitrogens with one attached hydrogen (secondary N) is 2. The summed E-state index contributed by atoms with van der Waals surface area (Å²) >= 11 is 0. The fourth-order valence-electron chi connectivity index (χ4n) is 3.90. The fraction of sp³-hybridized carbons (Fsp3) is 0.429. The first-order chi connectivity index (χ1) is 13.0. The summed E-state index contributed by atoms with van der Waals surface area (Å²) in [7, 11) is 1.58. The van der Waals surface area contributed by atoms with Gasteiger partial charge in [0, 0.05) is 26.1 Å². The van der Waals surface area contributed by atoms with Crippen LogP contribution in [0.15, 0.2) is 42.5 Å². The van der Waals surface area contributed by atoms with Crippen LogP contribution < -0.4 is 10.6 Å². The van der Waals surface area contributed by atoms with E-state index in [1.54, 1.807) is 7.05 Å². The zero-order valence-electron chi connectivity index (χ0n) is 15.6. The molecule has 2 aromatic rings. The zero-order chi connectivity index (χ0) is 19.2. The van der Waals surface area contributed by atoms with Gasteiger partial charge in [-0.1, -0.05) is 36.4 Å². The van der Waals surface area contributed by atoms with Crippen molar-refractivity contribution in [3.05, 3.63) is 48.0 Å². The Morgan fingerprint density at radius 3 is 2.52 bits per heavy atom. The van der Waals surface area contributed by atoms with Gasteiger partial charge < -0.3 is 15.7 Å². The van der Waals surface area contributed by atoms with Crippen LogP contribution in [0.3, 0.4) is 0 Å². The number of benzene rings is 2. The van der Waals surface area contributed by atoms with E-state index >= 15 is 0 Å². The lowest BCUT2D eigenvalue weighted by Crippen LogP contribution is -2.46. The summed E-state index contributed by atoms with van der Waals surface area (Å²) in [5.41, 5.74) is 1.29. The van der Waals surface area contributed by atoms with Crippen LogP contribution in [0.25, 0.3) is 10.8 Å². The predicted molar refractivity (Wildman–Crippen MR) is 106 cm³/mol. The normalized spacial score (nSPS) is 16.8. The first-order valence-electron chi connectivity index (χ1n) is 9.45. The molecule has 2 aromatic carbocycles. The molecule has 3 rings (SSSR count). The van der Waals surface area contributed by atoms with Crippen molar-refractivity contribution in [3.8, 4) is 0 Å². The molecule has 0 spiro atoms. The number of rotatable bonds is 6. The third-order valence-electron chi connectivity index (χ3n) is 5.41. The molecule has 0 aliphatic carbocycles. The minimum Gasteiger partial charge on any atom is -0.465 e. The number of carbonyl (C=O) groups excluding carboxylic acids is 1. The van der Waals surface area contributed by atoms with E-state index in [1.807, 2.05) is 6.07 Å². The summed E-state index contributed by atoms with van der Waals surface area (Å²) in [6, 6.07) is 14.6. The number of likely N-dealkylation sites (tertiary alicyclic amines) is 1. The Hall–Kier alpha value is -2.60. The molecule has 1 aliphatic heterocycles. The van der Waals surface area contributed by atoms with E-state index in [-0.39, 0.29) is 24.3 Å². The van der Waals surface area contributed by atoms with Crippen molar-refractivity contribution in [2.75, 3.05) is 20.1 Å². The lowest BCUT2D eigenvalue weighted by molar-refractivity contribution is -0.121. The maximum absolute atomic E-state index is 11.7. The second kappa shape index (κ2) is 8.86. The van der Waals surface area contributed by atoms with Crippen LogP contribution in [0.5, 0.6) is 0 Å². The lowest BCUT2D eigenvalue weighted by Gasteiger charge is -2.35. The number of amides is 2. The largest absolute Gasteiger partial charge is 0.465 e. The highest BCUT2D eigenvalue weighted by atomic mass is 16.4. The Morgan fingerprint density at radius 2 is 1.85 bits per heavy atom. The summed E-state index contributed by atoms with van der Waals surface area (Å²) in [4.78, 5) is 25.2. The molecule has 27 heavy (non-hydrogen) atoms. The van der Waals surface area contributed by atoms with E-state index in [2.05, 4.69) is 51.9 Å². The minimum absolute atomic E-state index is 0.132. The van der Waals surface area contributed by atoms with Gasteiger partial charge in [0.05, 0.1) is 0 Å². The van der Waals surface area contributed by atoms with Crippen LogP contribution in [0.1, 0.15) is 24.8 Å². The van der Waals surface area contributed by atoms with Crippen molar-refractivity contribution in [2.45, 2.75) is 31.8 Å². The summed E-state index contributed by atoms with van der Waals surface area (Å²) in [6.45, 7) is 2.70. The van der Waals surface area contributed by atoms with E-state index < -0.39 is 6.09 Å². The Labute approximate surface area is 159 Å². The van der Waals surface area contributed by atoms with Crippen molar-refractivity contribution in [3.63, 3.8) is 0 Å². The molecule has 144 valence electrons. The fourth-order valence-corrected chi connectivity index (χ4v) is 3.90. The average Bonchev–Trinajstić information content (AvgIpc) is 2.67. The number of hydrogen-bond acceptors (Lipinski definition) is 3. The van der Waals surface area contributed by atoms with Crippen LogP contribution in [-0.2, 0) is 11.3 Å². The molecule has 0 bridgehead atoms. The molecule has 1 unspecified atom stereocenters. The smallest absolute Gasteiger partial charge is 0.404 e. The molecular weight excluding hydrogens is 342 g/mol. The van der Waals surface area contributed by atoms with Crippen molar-refractivity contribution in [1.29, 1.82) is 0 Å². The van der Waals surface area contributed by atoms with E-state index in [1.165, 1.54) is 16.3 Å². The molecular formula is C21H27N3O3. The molecule has 0 radical (unpaired) electrons. The van der Waals surface area contributed by atoms with E-state index in [0.717, 1.165) is 32.5 Å².